The first-order valence-electron chi connectivity index (χ1n) is 7.35. The highest BCUT2D eigenvalue weighted by Crippen LogP contribution is 2.65. The molecule has 4 atom stereocenters. The summed E-state index contributed by atoms with van der Waals surface area (Å²) >= 11 is 0. The molecule has 0 aromatic carbocycles. The summed E-state index contributed by atoms with van der Waals surface area (Å²) in [6.07, 6.45) is 7.60. The molecule has 4 rings (SSSR count). The third-order valence-electron chi connectivity index (χ3n) is 5.43. The molecule has 0 radical (unpaired) electrons. The van der Waals surface area contributed by atoms with Crippen LogP contribution in [0.15, 0.2) is 0 Å². The van der Waals surface area contributed by atoms with E-state index in [4.69, 9.17) is 0 Å². The van der Waals surface area contributed by atoms with E-state index in [-0.39, 0.29) is 5.91 Å². The van der Waals surface area contributed by atoms with E-state index in [1.54, 1.807) is 0 Å². The molecule has 0 aromatic heterocycles. The van der Waals surface area contributed by atoms with Gasteiger partial charge in [-0.25, -0.2) is 0 Å². The summed E-state index contributed by atoms with van der Waals surface area (Å²) in [6.45, 7) is 0.866. The molecule has 0 aromatic rings. The van der Waals surface area contributed by atoms with Gasteiger partial charge in [-0.05, 0) is 55.8 Å². The van der Waals surface area contributed by atoms with Crippen LogP contribution in [0, 0.1) is 23.7 Å². The van der Waals surface area contributed by atoms with Crippen molar-refractivity contribution in [1.82, 2.24) is 10.6 Å². The fourth-order valence-corrected chi connectivity index (χ4v) is 4.45. The number of carbonyl (C=O) groups is 1. The van der Waals surface area contributed by atoms with Crippen LogP contribution in [0.4, 0.5) is 0 Å². The summed E-state index contributed by atoms with van der Waals surface area (Å²) in [5.74, 6) is 3.93. The van der Waals surface area contributed by atoms with Gasteiger partial charge in [-0.3, -0.25) is 4.79 Å². The van der Waals surface area contributed by atoms with Crippen molar-refractivity contribution in [3.05, 3.63) is 0 Å². The van der Waals surface area contributed by atoms with Crippen molar-refractivity contribution in [2.24, 2.45) is 23.7 Å². The van der Waals surface area contributed by atoms with E-state index < -0.39 is 0 Å². The molecule has 4 fully saturated rings. The van der Waals surface area contributed by atoms with Gasteiger partial charge in [0.15, 0.2) is 0 Å². The second-order valence-corrected chi connectivity index (χ2v) is 6.56. The standard InChI is InChI=1S/C14H22N2O/c17-11(5-6-15-10-3-4-10)16-14-12-8-1-2-9(7-8)13(12)14/h8-10,12-15H,1-7H2,(H,16,17). The number of rotatable bonds is 5. The van der Waals surface area contributed by atoms with Crippen LogP contribution in [-0.4, -0.2) is 24.5 Å². The summed E-state index contributed by atoms with van der Waals surface area (Å²) in [5.41, 5.74) is 0. The molecule has 2 bridgehead atoms. The smallest absolute Gasteiger partial charge is 0.221 e. The molecule has 0 heterocycles. The normalized spacial score (nSPS) is 45.8. The Kier molecular flexibility index (Phi) is 2.26. The molecule has 0 spiro atoms. The lowest BCUT2D eigenvalue weighted by Crippen LogP contribution is -2.32. The largest absolute Gasteiger partial charge is 0.353 e. The zero-order valence-corrected chi connectivity index (χ0v) is 10.3. The quantitative estimate of drug-likeness (QED) is 0.752. The lowest BCUT2D eigenvalue weighted by Gasteiger charge is -2.10. The van der Waals surface area contributed by atoms with Crippen LogP contribution in [0.25, 0.3) is 0 Å². The molecule has 3 nitrogen and oxygen atoms in total. The molecule has 17 heavy (non-hydrogen) atoms. The van der Waals surface area contributed by atoms with E-state index in [2.05, 4.69) is 10.6 Å². The molecule has 4 unspecified atom stereocenters. The zero-order chi connectivity index (χ0) is 11.4. The summed E-state index contributed by atoms with van der Waals surface area (Å²) in [6, 6.07) is 1.29. The highest BCUT2D eigenvalue weighted by atomic mass is 16.1. The van der Waals surface area contributed by atoms with Gasteiger partial charge in [0.2, 0.25) is 5.91 Å². The molecule has 94 valence electrons. The van der Waals surface area contributed by atoms with Crippen molar-refractivity contribution in [3.8, 4) is 0 Å². The van der Waals surface area contributed by atoms with Crippen molar-refractivity contribution >= 4 is 5.91 Å². The van der Waals surface area contributed by atoms with Crippen LogP contribution >= 0.6 is 0 Å². The molecule has 4 saturated carbocycles. The minimum Gasteiger partial charge on any atom is -0.353 e. The summed E-state index contributed by atoms with van der Waals surface area (Å²) in [7, 11) is 0. The van der Waals surface area contributed by atoms with Gasteiger partial charge < -0.3 is 10.6 Å². The van der Waals surface area contributed by atoms with Gasteiger partial charge in [0, 0.05) is 25.0 Å². The summed E-state index contributed by atoms with van der Waals surface area (Å²) in [5, 5.41) is 6.67. The van der Waals surface area contributed by atoms with Crippen LogP contribution in [0.3, 0.4) is 0 Å². The first kappa shape index (κ1) is 10.4. The van der Waals surface area contributed by atoms with Gasteiger partial charge in [-0.2, -0.15) is 0 Å². The maximum Gasteiger partial charge on any atom is 0.221 e. The van der Waals surface area contributed by atoms with Gasteiger partial charge in [0.05, 0.1) is 0 Å². The monoisotopic (exact) mass is 234 g/mol. The number of amides is 1. The molecule has 0 saturated heterocycles. The Balaban J connectivity index is 1.21. The lowest BCUT2D eigenvalue weighted by molar-refractivity contribution is -0.121. The predicted molar refractivity (Wildman–Crippen MR) is 65.4 cm³/mol. The average molecular weight is 234 g/mol. The van der Waals surface area contributed by atoms with Crippen molar-refractivity contribution in [1.29, 1.82) is 0 Å². The highest BCUT2D eigenvalue weighted by Gasteiger charge is 2.65. The Bertz CT molecular complexity index is 323. The average Bonchev–Trinajstić information content (AvgIpc) is 3.19. The molecule has 3 heteroatoms. The van der Waals surface area contributed by atoms with E-state index >= 15 is 0 Å². The topological polar surface area (TPSA) is 41.1 Å². The number of carbonyl (C=O) groups excluding carboxylic acids is 1. The van der Waals surface area contributed by atoms with Gasteiger partial charge in [0.25, 0.3) is 0 Å². The first-order valence-corrected chi connectivity index (χ1v) is 7.35. The Hall–Kier alpha value is -0.570. The highest BCUT2D eigenvalue weighted by molar-refractivity contribution is 5.77. The lowest BCUT2D eigenvalue weighted by atomic mass is 10.0. The Morgan fingerprint density at radius 3 is 2.41 bits per heavy atom. The van der Waals surface area contributed by atoms with Gasteiger partial charge >= 0.3 is 0 Å². The van der Waals surface area contributed by atoms with Crippen LogP contribution in [0.2, 0.25) is 0 Å². The molecule has 2 N–H and O–H groups in total. The van der Waals surface area contributed by atoms with Gasteiger partial charge in [-0.1, -0.05) is 0 Å². The fraction of sp³-hybridized carbons (Fsp3) is 0.929. The van der Waals surface area contributed by atoms with E-state index in [1.807, 2.05) is 0 Å². The number of hydrogen-bond donors (Lipinski definition) is 2. The molecular formula is C14H22N2O. The van der Waals surface area contributed by atoms with E-state index in [9.17, 15) is 4.79 Å². The molecule has 0 aliphatic heterocycles. The zero-order valence-electron chi connectivity index (χ0n) is 10.3. The van der Waals surface area contributed by atoms with E-state index in [1.165, 1.54) is 32.1 Å². The Labute approximate surface area is 103 Å². The van der Waals surface area contributed by atoms with Crippen LogP contribution in [-0.2, 0) is 4.79 Å². The fourth-order valence-electron chi connectivity index (χ4n) is 4.45. The molecule has 1 amide bonds. The van der Waals surface area contributed by atoms with Crippen LogP contribution in [0.5, 0.6) is 0 Å². The van der Waals surface area contributed by atoms with Crippen molar-refractivity contribution in [2.45, 2.75) is 50.6 Å². The third-order valence-corrected chi connectivity index (χ3v) is 5.43. The molecule has 4 aliphatic rings. The predicted octanol–water partition coefficient (Wildman–Crippen LogP) is 1.29. The van der Waals surface area contributed by atoms with Gasteiger partial charge in [-0.15, -0.1) is 0 Å². The first-order chi connectivity index (χ1) is 8.33. The number of hydrogen-bond acceptors (Lipinski definition) is 2. The van der Waals surface area contributed by atoms with E-state index in [0.29, 0.717) is 12.5 Å². The number of nitrogens with one attached hydrogen (secondary N) is 2. The minimum atomic E-state index is 0.275. The van der Waals surface area contributed by atoms with Crippen LogP contribution < -0.4 is 10.6 Å². The molecule has 4 aliphatic carbocycles. The molecular weight excluding hydrogens is 212 g/mol. The second-order valence-electron chi connectivity index (χ2n) is 6.56. The van der Waals surface area contributed by atoms with Crippen molar-refractivity contribution in [3.63, 3.8) is 0 Å². The van der Waals surface area contributed by atoms with Crippen molar-refractivity contribution < 1.29 is 4.79 Å². The third kappa shape index (κ3) is 1.79. The van der Waals surface area contributed by atoms with Crippen LogP contribution in [0.1, 0.15) is 38.5 Å². The number of fused-ring (bicyclic) bond motifs is 5. The second kappa shape index (κ2) is 3.71. The van der Waals surface area contributed by atoms with E-state index in [0.717, 1.165) is 36.3 Å². The van der Waals surface area contributed by atoms with Crippen molar-refractivity contribution in [2.75, 3.05) is 6.54 Å². The Morgan fingerprint density at radius 2 is 1.76 bits per heavy atom. The minimum absolute atomic E-state index is 0.275. The SMILES string of the molecule is O=C(CCNC1CC1)NC1C2C3CCC(C3)C12. The summed E-state index contributed by atoms with van der Waals surface area (Å²) in [4.78, 5) is 11.8. The summed E-state index contributed by atoms with van der Waals surface area (Å²) < 4.78 is 0. The Morgan fingerprint density at radius 1 is 1.06 bits per heavy atom. The van der Waals surface area contributed by atoms with Gasteiger partial charge in [0.1, 0.15) is 0 Å². The maximum absolute atomic E-state index is 11.8. The maximum atomic E-state index is 11.8.